The molecule has 0 heterocycles. The van der Waals surface area contributed by atoms with Gasteiger partial charge in [-0.2, -0.15) is 0 Å². The number of benzene rings is 3. The van der Waals surface area contributed by atoms with E-state index in [1.807, 2.05) is 25.1 Å². The Kier molecular flexibility index (Phi) is 5.23. The lowest BCUT2D eigenvalue weighted by Gasteiger charge is -2.10. The Hall–Kier alpha value is -3.19. The van der Waals surface area contributed by atoms with Gasteiger partial charge in [-0.3, -0.25) is 9.52 Å². The normalized spacial score (nSPS) is 11.0. The van der Waals surface area contributed by atoms with Crippen LogP contribution in [0.3, 0.4) is 0 Å². The summed E-state index contributed by atoms with van der Waals surface area (Å²) in [7, 11) is -3.89. The number of rotatable bonds is 5. The third kappa shape index (κ3) is 4.71. The first-order chi connectivity index (χ1) is 12.8. The zero-order valence-electron chi connectivity index (χ0n) is 14.4. The van der Waals surface area contributed by atoms with Crippen molar-refractivity contribution in [3.05, 3.63) is 89.7 Å². The van der Waals surface area contributed by atoms with Gasteiger partial charge in [-0.15, -0.1) is 0 Å². The predicted octanol–water partition coefficient (Wildman–Crippen LogP) is 4.19. The van der Waals surface area contributed by atoms with Crippen LogP contribution < -0.4 is 10.0 Å². The lowest BCUT2D eigenvalue weighted by atomic mass is 10.1. The first-order valence-corrected chi connectivity index (χ1v) is 9.58. The third-order valence-corrected chi connectivity index (χ3v) is 5.17. The SMILES string of the molecule is Cc1cccc(NC(=O)c2cccc(NS(=O)(=O)c3ccc(F)cc3)c2)c1. The van der Waals surface area contributed by atoms with E-state index >= 15 is 0 Å². The molecule has 2 N–H and O–H groups in total. The number of carbonyl (C=O) groups excluding carboxylic acids is 1. The van der Waals surface area contributed by atoms with Crippen molar-refractivity contribution in [1.29, 1.82) is 0 Å². The molecule has 0 spiro atoms. The number of halogens is 1. The molecule has 0 aliphatic rings. The molecule has 0 aliphatic heterocycles. The summed E-state index contributed by atoms with van der Waals surface area (Å²) < 4.78 is 40.2. The lowest BCUT2D eigenvalue weighted by molar-refractivity contribution is 0.102. The molecule has 27 heavy (non-hydrogen) atoms. The Morgan fingerprint density at radius 1 is 0.889 bits per heavy atom. The molecule has 5 nitrogen and oxygen atoms in total. The number of carbonyl (C=O) groups is 1. The average molecular weight is 384 g/mol. The third-order valence-electron chi connectivity index (χ3n) is 3.78. The minimum Gasteiger partial charge on any atom is -0.322 e. The van der Waals surface area contributed by atoms with E-state index in [0.29, 0.717) is 11.3 Å². The van der Waals surface area contributed by atoms with Crippen LogP contribution in [0.5, 0.6) is 0 Å². The zero-order chi connectivity index (χ0) is 19.4. The standard InChI is InChI=1S/C20H17FN2O3S/c1-14-4-2-6-17(12-14)22-20(24)15-5-3-7-18(13-15)23-27(25,26)19-10-8-16(21)9-11-19/h2-13,23H,1H3,(H,22,24). The quantitative estimate of drug-likeness (QED) is 0.693. The van der Waals surface area contributed by atoms with Crippen molar-refractivity contribution in [1.82, 2.24) is 0 Å². The lowest BCUT2D eigenvalue weighted by Crippen LogP contribution is -2.15. The van der Waals surface area contributed by atoms with E-state index in [-0.39, 0.29) is 16.5 Å². The molecule has 0 atom stereocenters. The fourth-order valence-corrected chi connectivity index (χ4v) is 3.53. The number of hydrogen-bond donors (Lipinski definition) is 2. The molecular formula is C20H17FN2O3S. The van der Waals surface area contributed by atoms with Crippen molar-refractivity contribution in [3.63, 3.8) is 0 Å². The zero-order valence-corrected chi connectivity index (χ0v) is 15.3. The summed E-state index contributed by atoms with van der Waals surface area (Å²) in [5.74, 6) is -0.882. The molecule has 7 heteroatoms. The molecule has 0 fully saturated rings. The molecule has 0 bridgehead atoms. The highest BCUT2D eigenvalue weighted by Gasteiger charge is 2.15. The first-order valence-electron chi connectivity index (χ1n) is 8.10. The van der Waals surface area contributed by atoms with Crippen molar-refractivity contribution in [2.45, 2.75) is 11.8 Å². The largest absolute Gasteiger partial charge is 0.322 e. The second-order valence-corrected chi connectivity index (χ2v) is 7.65. The van der Waals surface area contributed by atoms with Crippen molar-refractivity contribution >= 4 is 27.3 Å². The van der Waals surface area contributed by atoms with Crippen LogP contribution in [0.25, 0.3) is 0 Å². The molecule has 3 aromatic rings. The Balaban J connectivity index is 1.79. The fourth-order valence-electron chi connectivity index (χ4n) is 2.48. The van der Waals surface area contributed by atoms with Crippen molar-refractivity contribution in [2.24, 2.45) is 0 Å². The van der Waals surface area contributed by atoms with Crippen molar-refractivity contribution in [2.75, 3.05) is 10.0 Å². The Labute approximate surface area is 156 Å². The number of hydrogen-bond acceptors (Lipinski definition) is 3. The van der Waals surface area contributed by atoms with Gasteiger partial charge in [0.25, 0.3) is 15.9 Å². The number of nitrogens with one attached hydrogen (secondary N) is 2. The average Bonchev–Trinajstić information content (AvgIpc) is 2.62. The van der Waals surface area contributed by atoms with Gasteiger partial charge >= 0.3 is 0 Å². The number of sulfonamides is 1. The van der Waals surface area contributed by atoms with Crippen LogP contribution in [0.4, 0.5) is 15.8 Å². The van der Waals surface area contributed by atoms with Gasteiger partial charge in [0.2, 0.25) is 0 Å². The van der Waals surface area contributed by atoms with Gasteiger partial charge in [0.05, 0.1) is 4.90 Å². The van der Waals surface area contributed by atoms with Crippen LogP contribution in [-0.2, 0) is 10.0 Å². The minimum atomic E-state index is -3.89. The maximum absolute atomic E-state index is 13.0. The smallest absolute Gasteiger partial charge is 0.261 e. The number of anilines is 2. The molecule has 138 valence electrons. The Bertz CT molecular complexity index is 1080. The van der Waals surface area contributed by atoms with Crippen LogP contribution in [0.15, 0.2) is 77.7 Å². The summed E-state index contributed by atoms with van der Waals surface area (Å²) in [5, 5.41) is 2.77. The van der Waals surface area contributed by atoms with E-state index in [2.05, 4.69) is 10.0 Å². The van der Waals surface area contributed by atoms with E-state index in [1.54, 1.807) is 18.2 Å². The predicted molar refractivity (Wildman–Crippen MR) is 103 cm³/mol. The summed E-state index contributed by atoms with van der Waals surface area (Å²) in [4.78, 5) is 12.3. The van der Waals surface area contributed by atoms with Crippen LogP contribution in [0.1, 0.15) is 15.9 Å². The van der Waals surface area contributed by atoms with Crippen molar-refractivity contribution < 1.29 is 17.6 Å². The van der Waals surface area contributed by atoms with Crippen LogP contribution >= 0.6 is 0 Å². The van der Waals surface area contributed by atoms with Gasteiger partial charge < -0.3 is 5.32 Å². The Morgan fingerprint density at radius 3 is 2.26 bits per heavy atom. The molecule has 3 aromatic carbocycles. The number of amides is 1. The van der Waals surface area contributed by atoms with Gasteiger partial charge in [-0.05, 0) is 67.1 Å². The molecule has 0 aliphatic carbocycles. The molecule has 0 saturated heterocycles. The highest BCUT2D eigenvalue weighted by atomic mass is 32.2. The van der Waals surface area contributed by atoms with Gasteiger partial charge in [0.15, 0.2) is 0 Å². The molecule has 0 saturated carbocycles. The summed E-state index contributed by atoms with van der Waals surface area (Å²) in [5.41, 5.74) is 2.19. The van der Waals surface area contributed by atoms with E-state index in [0.717, 1.165) is 17.7 Å². The monoisotopic (exact) mass is 384 g/mol. The van der Waals surface area contributed by atoms with E-state index in [9.17, 15) is 17.6 Å². The maximum Gasteiger partial charge on any atom is 0.261 e. The summed E-state index contributed by atoms with van der Waals surface area (Å²) in [6.45, 7) is 1.92. The number of aryl methyl sites for hydroxylation is 1. The van der Waals surface area contributed by atoms with Crippen LogP contribution in [0.2, 0.25) is 0 Å². The Morgan fingerprint density at radius 2 is 1.56 bits per heavy atom. The van der Waals surface area contributed by atoms with Gasteiger partial charge in [-0.1, -0.05) is 18.2 Å². The first kappa shape index (κ1) is 18.6. The topological polar surface area (TPSA) is 75.3 Å². The highest BCUT2D eigenvalue weighted by Crippen LogP contribution is 2.19. The fraction of sp³-hybridized carbons (Fsp3) is 0.0500. The molecule has 0 aromatic heterocycles. The second-order valence-electron chi connectivity index (χ2n) is 5.96. The van der Waals surface area contributed by atoms with E-state index in [1.165, 1.54) is 24.3 Å². The summed E-state index contributed by atoms with van der Waals surface area (Å²) in [6.07, 6.45) is 0. The van der Waals surface area contributed by atoms with Gasteiger partial charge in [-0.25, -0.2) is 12.8 Å². The van der Waals surface area contributed by atoms with E-state index in [4.69, 9.17) is 0 Å². The summed E-state index contributed by atoms with van der Waals surface area (Å²) >= 11 is 0. The van der Waals surface area contributed by atoms with Gasteiger partial charge in [0, 0.05) is 16.9 Å². The molecule has 0 radical (unpaired) electrons. The molecule has 0 unspecified atom stereocenters. The van der Waals surface area contributed by atoms with Crippen LogP contribution in [-0.4, -0.2) is 14.3 Å². The van der Waals surface area contributed by atoms with Crippen LogP contribution in [0, 0.1) is 12.7 Å². The van der Waals surface area contributed by atoms with E-state index < -0.39 is 15.8 Å². The van der Waals surface area contributed by atoms with Crippen molar-refractivity contribution in [3.8, 4) is 0 Å². The minimum absolute atomic E-state index is 0.0708. The van der Waals surface area contributed by atoms with Gasteiger partial charge in [0.1, 0.15) is 5.82 Å². The maximum atomic E-state index is 13.0. The summed E-state index contributed by atoms with van der Waals surface area (Å²) in [6, 6.07) is 18.0. The molecular weight excluding hydrogens is 367 g/mol. The molecule has 3 rings (SSSR count). The highest BCUT2D eigenvalue weighted by molar-refractivity contribution is 7.92. The second kappa shape index (κ2) is 7.59. The molecule has 1 amide bonds.